The molecule has 0 spiro atoms. The number of rotatable bonds is 5. The van der Waals surface area contributed by atoms with Gasteiger partial charge < -0.3 is 19.7 Å². The first kappa shape index (κ1) is 18.0. The normalized spacial score (nSPS) is 15.4. The lowest BCUT2D eigenvalue weighted by Gasteiger charge is -2.35. The molecule has 134 valence electrons. The molecule has 25 heavy (non-hydrogen) atoms. The number of amides is 1. The number of carbonyl (C=O) groups excluding carboxylic acids is 1. The molecule has 1 N–H and O–H groups in total. The molecule has 1 aromatic carbocycles. The first-order valence-corrected chi connectivity index (χ1v) is 9.39. The van der Waals surface area contributed by atoms with Crippen molar-refractivity contribution in [3.63, 3.8) is 0 Å². The Morgan fingerprint density at radius 1 is 1.28 bits per heavy atom. The maximum atomic E-state index is 12.4. The molecule has 0 aliphatic carbocycles. The van der Waals surface area contributed by atoms with Crippen LogP contribution in [-0.2, 0) is 11.8 Å². The molecule has 0 unspecified atom stereocenters. The third kappa shape index (κ3) is 4.45. The predicted molar refractivity (Wildman–Crippen MR) is 102 cm³/mol. The maximum absolute atomic E-state index is 12.4. The van der Waals surface area contributed by atoms with Crippen LogP contribution in [0.5, 0.6) is 0 Å². The van der Waals surface area contributed by atoms with Crippen molar-refractivity contribution in [2.75, 3.05) is 49.2 Å². The molecular weight excluding hydrogens is 360 g/mol. The van der Waals surface area contributed by atoms with Gasteiger partial charge in [-0.1, -0.05) is 29.4 Å². The highest BCUT2D eigenvalue weighted by Crippen LogP contribution is 2.34. The van der Waals surface area contributed by atoms with Crippen LogP contribution in [0.3, 0.4) is 0 Å². The van der Waals surface area contributed by atoms with Gasteiger partial charge in [0.15, 0.2) is 5.16 Å². The number of piperazine rings is 1. The molecule has 1 fully saturated rings. The van der Waals surface area contributed by atoms with Crippen molar-refractivity contribution < 1.29 is 4.79 Å². The van der Waals surface area contributed by atoms with Crippen LogP contribution in [0.4, 0.5) is 11.4 Å². The number of nitrogens with zero attached hydrogens (tertiary/aromatic N) is 5. The Labute approximate surface area is 156 Å². The number of benzene rings is 1. The summed E-state index contributed by atoms with van der Waals surface area (Å²) >= 11 is 7.78. The van der Waals surface area contributed by atoms with E-state index in [-0.39, 0.29) is 11.7 Å². The number of anilines is 2. The van der Waals surface area contributed by atoms with Gasteiger partial charge in [-0.15, -0.1) is 10.2 Å². The fourth-order valence-corrected chi connectivity index (χ4v) is 3.67. The number of para-hydroxylation sites is 1. The second kappa shape index (κ2) is 8.07. The zero-order valence-electron chi connectivity index (χ0n) is 14.3. The quantitative estimate of drug-likeness (QED) is 0.800. The van der Waals surface area contributed by atoms with E-state index in [4.69, 9.17) is 11.6 Å². The van der Waals surface area contributed by atoms with Crippen LogP contribution >= 0.6 is 23.4 Å². The van der Waals surface area contributed by atoms with Gasteiger partial charge in [-0.05, 0) is 19.2 Å². The number of thioether (sulfide) groups is 1. The van der Waals surface area contributed by atoms with Crippen LogP contribution < -0.4 is 10.2 Å². The van der Waals surface area contributed by atoms with Crippen LogP contribution in [-0.4, -0.2) is 64.6 Å². The van der Waals surface area contributed by atoms with Crippen LogP contribution in [0.2, 0.25) is 5.02 Å². The van der Waals surface area contributed by atoms with E-state index in [0.717, 1.165) is 37.6 Å². The van der Waals surface area contributed by atoms with Crippen LogP contribution in [0.25, 0.3) is 0 Å². The van der Waals surface area contributed by atoms with Gasteiger partial charge in [0.2, 0.25) is 5.91 Å². The van der Waals surface area contributed by atoms with Crippen molar-refractivity contribution in [3.05, 3.63) is 29.5 Å². The van der Waals surface area contributed by atoms with E-state index in [1.54, 1.807) is 10.9 Å². The lowest BCUT2D eigenvalue weighted by Crippen LogP contribution is -2.44. The SMILES string of the molecule is CN1CCN(c2c(Cl)cccc2NC(=O)CSc2nncn2C)CC1. The standard InChI is InChI=1S/C16H21ClN6OS/c1-21-6-8-23(9-7-21)15-12(17)4-3-5-13(15)19-14(24)10-25-16-20-18-11-22(16)2/h3-5,11H,6-10H2,1-2H3,(H,19,24). The summed E-state index contributed by atoms with van der Waals surface area (Å²) in [5.74, 6) is 0.173. The van der Waals surface area contributed by atoms with E-state index in [2.05, 4.69) is 32.4 Å². The molecule has 1 aliphatic rings. The molecule has 0 radical (unpaired) electrons. The Morgan fingerprint density at radius 2 is 2.04 bits per heavy atom. The fraction of sp³-hybridized carbons (Fsp3) is 0.438. The number of hydrogen-bond acceptors (Lipinski definition) is 6. The summed E-state index contributed by atoms with van der Waals surface area (Å²) in [5.41, 5.74) is 1.65. The molecule has 1 aliphatic heterocycles. The number of aromatic nitrogens is 3. The molecule has 3 rings (SSSR count). The highest BCUT2D eigenvalue weighted by Gasteiger charge is 2.20. The average molecular weight is 381 g/mol. The Balaban J connectivity index is 1.68. The summed E-state index contributed by atoms with van der Waals surface area (Å²) < 4.78 is 1.78. The second-order valence-electron chi connectivity index (χ2n) is 5.99. The van der Waals surface area contributed by atoms with Crippen molar-refractivity contribution >= 4 is 40.6 Å². The molecule has 7 nitrogen and oxygen atoms in total. The topological polar surface area (TPSA) is 66.3 Å². The summed E-state index contributed by atoms with van der Waals surface area (Å²) in [4.78, 5) is 16.9. The van der Waals surface area contributed by atoms with E-state index < -0.39 is 0 Å². The zero-order valence-corrected chi connectivity index (χ0v) is 15.8. The maximum Gasteiger partial charge on any atom is 0.234 e. The Bertz CT molecular complexity index is 744. The van der Waals surface area contributed by atoms with Crippen LogP contribution in [0.1, 0.15) is 0 Å². The Morgan fingerprint density at radius 3 is 2.72 bits per heavy atom. The van der Waals surface area contributed by atoms with Crippen LogP contribution in [0, 0.1) is 0 Å². The second-order valence-corrected chi connectivity index (χ2v) is 7.34. The van der Waals surface area contributed by atoms with Crippen molar-refractivity contribution in [3.8, 4) is 0 Å². The van der Waals surface area contributed by atoms with Crippen LogP contribution in [0.15, 0.2) is 29.7 Å². The highest BCUT2D eigenvalue weighted by atomic mass is 35.5. The summed E-state index contributed by atoms with van der Waals surface area (Å²) in [6.45, 7) is 3.72. The lowest BCUT2D eigenvalue weighted by atomic mass is 10.2. The van der Waals surface area contributed by atoms with Crippen molar-refractivity contribution in [2.45, 2.75) is 5.16 Å². The summed E-state index contributed by atoms with van der Waals surface area (Å²) in [6.07, 6.45) is 1.61. The molecule has 2 aromatic rings. The molecule has 0 bridgehead atoms. The Kier molecular flexibility index (Phi) is 5.82. The molecule has 1 aromatic heterocycles. The van der Waals surface area contributed by atoms with E-state index >= 15 is 0 Å². The molecule has 9 heteroatoms. The molecular formula is C16H21ClN6OS. The van der Waals surface area contributed by atoms with Gasteiger partial charge >= 0.3 is 0 Å². The summed E-state index contributed by atoms with van der Waals surface area (Å²) in [7, 11) is 3.96. The van der Waals surface area contributed by atoms with Gasteiger partial charge in [0.05, 0.1) is 22.2 Å². The van der Waals surface area contributed by atoms with Gasteiger partial charge in [-0.25, -0.2) is 0 Å². The number of carbonyl (C=O) groups is 1. The monoisotopic (exact) mass is 380 g/mol. The van der Waals surface area contributed by atoms with E-state index in [1.807, 2.05) is 25.2 Å². The Hall–Kier alpha value is -1.77. The van der Waals surface area contributed by atoms with Crippen molar-refractivity contribution in [2.24, 2.45) is 7.05 Å². The highest BCUT2D eigenvalue weighted by molar-refractivity contribution is 7.99. The van der Waals surface area contributed by atoms with Crippen molar-refractivity contribution in [1.82, 2.24) is 19.7 Å². The average Bonchev–Trinajstić information content (AvgIpc) is 2.99. The molecule has 1 amide bonds. The smallest absolute Gasteiger partial charge is 0.234 e. The van der Waals surface area contributed by atoms with Gasteiger partial charge in [-0.2, -0.15) is 0 Å². The molecule has 0 saturated carbocycles. The third-order valence-corrected chi connectivity index (χ3v) is 5.42. The molecule has 2 heterocycles. The van der Waals surface area contributed by atoms with Gasteiger partial charge in [0.1, 0.15) is 6.33 Å². The third-order valence-electron chi connectivity index (χ3n) is 4.08. The number of nitrogens with one attached hydrogen (secondary N) is 1. The predicted octanol–water partition coefficient (Wildman–Crippen LogP) is 1.95. The van der Waals surface area contributed by atoms with Gasteiger partial charge in [0, 0.05) is 33.2 Å². The zero-order chi connectivity index (χ0) is 17.8. The number of halogens is 1. The molecule has 1 saturated heterocycles. The fourth-order valence-electron chi connectivity index (χ4n) is 2.69. The minimum atomic E-state index is -0.0920. The number of aryl methyl sites for hydroxylation is 1. The minimum Gasteiger partial charge on any atom is -0.366 e. The number of hydrogen-bond donors (Lipinski definition) is 1. The first-order chi connectivity index (χ1) is 12.0. The first-order valence-electron chi connectivity index (χ1n) is 8.03. The largest absolute Gasteiger partial charge is 0.366 e. The molecule has 0 atom stereocenters. The minimum absolute atomic E-state index is 0.0920. The van der Waals surface area contributed by atoms with Gasteiger partial charge in [-0.3, -0.25) is 4.79 Å². The van der Waals surface area contributed by atoms with Gasteiger partial charge in [0.25, 0.3) is 0 Å². The lowest BCUT2D eigenvalue weighted by molar-refractivity contribution is -0.113. The van der Waals surface area contributed by atoms with E-state index in [9.17, 15) is 4.79 Å². The summed E-state index contributed by atoms with van der Waals surface area (Å²) in [6, 6.07) is 5.61. The number of likely N-dealkylation sites (N-methyl/N-ethyl adjacent to an activating group) is 1. The van der Waals surface area contributed by atoms with E-state index in [0.29, 0.717) is 10.2 Å². The van der Waals surface area contributed by atoms with E-state index in [1.165, 1.54) is 11.8 Å². The summed E-state index contributed by atoms with van der Waals surface area (Å²) in [5, 5.41) is 12.1. The van der Waals surface area contributed by atoms with Crippen molar-refractivity contribution in [1.29, 1.82) is 0 Å².